The van der Waals surface area contributed by atoms with E-state index < -0.39 is 35.3 Å². The van der Waals surface area contributed by atoms with E-state index in [-0.39, 0.29) is 17.3 Å². The van der Waals surface area contributed by atoms with Crippen molar-refractivity contribution in [1.82, 2.24) is 9.88 Å². The Balaban J connectivity index is 1.50. The number of nitrogens with one attached hydrogen (secondary N) is 1. The molecule has 2 atom stereocenters. The Labute approximate surface area is 232 Å². The van der Waals surface area contributed by atoms with Gasteiger partial charge in [-0.15, -0.1) is 0 Å². The van der Waals surface area contributed by atoms with Gasteiger partial charge in [0.25, 0.3) is 5.91 Å². The zero-order valence-corrected chi connectivity index (χ0v) is 22.7. The van der Waals surface area contributed by atoms with Gasteiger partial charge in [-0.05, 0) is 26.1 Å². The number of likely N-dealkylation sites (N-methyl/N-ethyl adjacent to an activating group) is 1. The molecule has 0 spiro atoms. The number of halogens is 4. The van der Waals surface area contributed by atoms with Gasteiger partial charge < -0.3 is 24.8 Å². The predicted octanol–water partition coefficient (Wildman–Crippen LogP) is 3.58. The van der Waals surface area contributed by atoms with Gasteiger partial charge >= 0.3 is 6.18 Å². The lowest BCUT2D eigenvalue weighted by Gasteiger charge is -2.39. The molecule has 1 N–H and O–H groups in total. The number of hydrogen-bond donors (Lipinski definition) is 1. The Kier molecular flexibility index (Phi) is 7.93. The van der Waals surface area contributed by atoms with Crippen molar-refractivity contribution in [2.75, 3.05) is 68.1 Å². The zero-order chi connectivity index (χ0) is 28.6. The third-order valence-electron chi connectivity index (χ3n) is 7.26. The van der Waals surface area contributed by atoms with Gasteiger partial charge in [-0.2, -0.15) is 13.2 Å². The molecule has 9 nitrogen and oxygen atoms in total. The minimum atomic E-state index is -4.91. The number of nitrogens with zero attached hydrogens (tertiary/aromatic N) is 5. The lowest BCUT2D eigenvalue weighted by atomic mass is 9.96. The van der Waals surface area contributed by atoms with E-state index in [9.17, 15) is 22.8 Å². The van der Waals surface area contributed by atoms with E-state index in [0.717, 1.165) is 0 Å². The fourth-order valence-corrected chi connectivity index (χ4v) is 5.82. The highest BCUT2D eigenvalue weighted by molar-refractivity contribution is 7.18. The summed E-state index contributed by atoms with van der Waals surface area (Å²) in [6.07, 6.45) is -2.35. The van der Waals surface area contributed by atoms with Gasteiger partial charge in [0.2, 0.25) is 5.91 Å². The van der Waals surface area contributed by atoms with Crippen LogP contribution in [0.15, 0.2) is 35.0 Å². The number of thiazole rings is 1. The van der Waals surface area contributed by atoms with Crippen molar-refractivity contribution in [2.45, 2.75) is 19.1 Å². The first-order chi connectivity index (χ1) is 19.0. The summed E-state index contributed by atoms with van der Waals surface area (Å²) in [5.74, 6) is -4.49. The van der Waals surface area contributed by atoms with Gasteiger partial charge in [-0.1, -0.05) is 11.3 Å². The van der Waals surface area contributed by atoms with E-state index in [1.165, 1.54) is 23.5 Å². The van der Waals surface area contributed by atoms with Crippen LogP contribution in [0.25, 0.3) is 10.4 Å². The number of anilines is 3. The third kappa shape index (κ3) is 5.88. The van der Waals surface area contributed by atoms with E-state index in [0.29, 0.717) is 73.9 Å². The Hall–Kier alpha value is -3.36. The topological polar surface area (TPSA) is 90.4 Å². The molecule has 2 aromatic rings. The number of rotatable bonds is 5. The van der Waals surface area contributed by atoms with Crippen LogP contribution in [0.4, 0.5) is 34.1 Å². The number of morpholine rings is 1. The number of benzene rings is 1. The number of amides is 2. The molecular weight excluding hydrogens is 552 g/mol. The molecule has 2 fully saturated rings. The summed E-state index contributed by atoms with van der Waals surface area (Å²) in [6, 6.07) is 2.86. The summed E-state index contributed by atoms with van der Waals surface area (Å²) in [6.45, 7) is 6.15. The number of dihydropyridines is 1. The number of carbonyl (C=O) groups is 2. The van der Waals surface area contributed by atoms with E-state index in [1.807, 2.05) is 23.8 Å². The molecule has 1 aromatic heterocycles. The Bertz CT molecular complexity index is 1350. The molecule has 2 amide bonds. The molecule has 214 valence electrons. The molecule has 5 rings (SSSR count). The van der Waals surface area contributed by atoms with Gasteiger partial charge in [0.05, 0.1) is 35.0 Å². The fourth-order valence-electron chi connectivity index (χ4n) is 4.84. The molecule has 3 aliphatic heterocycles. The van der Waals surface area contributed by atoms with Crippen molar-refractivity contribution in [3.63, 3.8) is 0 Å². The van der Waals surface area contributed by atoms with Crippen molar-refractivity contribution in [3.05, 3.63) is 35.8 Å². The third-order valence-corrected chi connectivity index (χ3v) is 8.35. The molecule has 0 radical (unpaired) electrons. The van der Waals surface area contributed by atoms with E-state index >= 15 is 4.39 Å². The van der Waals surface area contributed by atoms with Crippen LogP contribution in [0.5, 0.6) is 0 Å². The highest BCUT2D eigenvalue weighted by Crippen LogP contribution is 2.40. The molecular formula is C26H28F4N6O3S. The molecule has 0 saturated carbocycles. The molecule has 4 heterocycles. The molecule has 0 aliphatic carbocycles. The van der Waals surface area contributed by atoms with Crippen molar-refractivity contribution >= 4 is 45.9 Å². The van der Waals surface area contributed by atoms with E-state index in [4.69, 9.17) is 4.74 Å². The van der Waals surface area contributed by atoms with Crippen molar-refractivity contribution in [2.24, 2.45) is 10.9 Å². The molecule has 2 saturated heterocycles. The second kappa shape index (κ2) is 11.3. The van der Waals surface area contributed by atoms with Crippen LogP contribution in [0.3, 0.4) is 0 Å². The normalized spacial score (nSPS) is 22.4. The van der Waals surface area contributed by atoms with Crippen molar-refractivity contribution < 1.29 is 31.9 Å². The standard InChI is InChI=1S/C26H28F4N6O3S/c1-15-14-36(4-3-34(15)2)21-11-19(27)16(22-13-32-25(40-22)35-5-7-39-8-6-35)9-20(21)33-24(38)17-12-31-23(37)10-18(17)26(28,29)30/h9-13,15,17H,3-8,14H2,1-2H3,(H,33,38)/t15-,17?/m0/s1. The number of aliphatic imine (C=N–C) groups is 1. The van der Waals surface area contributed by atoms with Crippen LogP contribution in [-0.4, -0.2) is 93.1 Å². The molecule has 14 heteroatoms. The van der Waals surface area contributed by atoms with Crippen molar-refractivity contribution in [3.8, 4) is 10.4 Å². The SMILES string of the molecule is C[C@H]1CN(c2cc(F)c(-c3cnc(N4CCOCC4)s3)cc2NC(=O)C2C=NC(=O)C=C2C(F)(F)F)CCN1C. The first-order valence-corrected chi connectivity index (χ1v) is 13.6. The summed E-state index contributed by atoms with van der Waals surface area (Å²) in [4.78, 5) is 39.2. The quantitative estimate of drug-likeness (QED) is 0.541. The molecule has 1 aromatic carbocycles. The Morgan fingerprint density at radius 3 is 2.60 bits per heavy atom. The lowest BCUT2D eigenvalue weighted by Crippen LogP contribution is -2.50. The first kappa shape index (κ1) is 28.2. The maximum atomic E-state index is 15.6. The lowest BCUT2D eigenvalue weighted by molar-refractivity contribution is -0.124. The largest absolute Gasteiger partial charge is 0.414 e. The average molecular weight is 581 g/mol. The predicted molar refractivity (Wildman–Crippen MR) is 145 cm³/mol. The maximum Gasteiger partial charge on any atom is 0.414 e. The van der Waals surface area contributed by atoms with Crippen LogP contribution >= 0.6 is 11.3 Å². The molecule has 3 aliphatic rings. The van der Waals surface area contributed by atoms with Gasteiger partial charge in [0.15, 0.2) is 5.13 Å². The summed E-state index contributed by atoms with van der Waals surface area (Å²) < 4.78 is 62.0. The van der Waals surface area contributed by atoms with Crippen LogP contribution in [0.1, 0.15) is 6.92 Å². The van der Waals surface area contributed by atoms with Gasteiger partial charge in [0.1, 0.15) is 11.7 Å². The minimum Gasteiger partial charge on any atom is -0.378 e. The highest BCUT2D eigenvalue weighted by Gasteiger charge is 2.43. The first-order valence-electron chi connectivity index (χ1n) is 12.8. The second-order valence-corrected chi connectivity index (χ2v) is 10.9. The highest BCUT2D eigenvalue weighted by atomic mass is 32.1. The van der Waals surface area contributed by atoms with Crippen LogP contribution in [0.2, 0.25) is 0 Å². The molecule has 40 heavy (non-hydrogen) atoms. The van der Waals surface area contributed by atoms with Crippen LogP contribution < -0.4 is 15.1 Å². The van der Waals surface area contributed by atoms with E-state index in [1.54, 1.807) is 6.20 Å². The number of aromatic nitrogens is 1. The van der Waals surface area contributed by atoms with Gasteiger partial charge in [-0.3, -0.25) is 9.59 Å². The Morgan fingerprint density at radius 2 is 1.90 bits per heavy atom. The Morgan fingerprint density at radius 1 is 1.15 bits per heavy atom. The fraction of sp³-hybridized carbons (Fsp3) is 0.462. The van der Waals surface area contributed by atoms with Gasteiger partial charge in [0, 0.05) is 62.8 Å². The summed E-state index contributed by atoms with van der Waals surface area (Å²) in [5, 5.41) is 3.28. The summed E-state index contributed by atoms with van der Waals surface area (Å²) in [5.41, 5.74) is -0.628. The summed E-state index contributed by atoms with van der Waals surface area (Å²) >= 11 is 1.28. The van der Waals surface area contributed by atoms with E-state index in [2.05, 4.69) is 20.2 Å². The number of ether oxygens (including phenoxy) is 1. The van der Waals surface area contributed by atoms with Crippen LogP contribution in [-0.2, 0) is 14.3 Å². The second-order valence-electron chi connectivity index (χ2n) is 9.91. The molecule has 0 bridgehead atoms. The summed E-state index contributed by atoms with van der Waals surface area (Å²) in [7, 11) is 1.97. The van der Waals surface area contributed by atoms with Crippen LogP contribution in [0, 0.1) is 11.7 Å². The zero-order valence-electron chi connectivity index (χ0n) is 21.9. The number of carbonyl (C=O) groups excluding carboxylic acids is 2. The van der Waals surface area contributed by atoms with Crippen molar-refractivity contribution in [1.29, 1.82) is 0 Å². The average Bonchev–Trinajstić information content (AvgIpc) is 3.41. The number of hydrogen-bond acceptors (Lipinski definition) is 8. The minimum absolute atomic E-state index is 0.119. The monoisotopic (exact) mass is 580 g/mol. The van der Waals surface area contributed by atoms with Gasteiger partial charge in [-0.25, -0.2) is 14.4 Å². The number of piperazine rings is 1. The smallest absolute Gasteiger partial charge is 0.378 e. The number of alkyl halides is 3. The molecule has 1 unspecified atom stereocenters. The maximum absolute atomic E-state index is 15.6.